The molecule has 0 amide bonds. The molecular weight excluding hydrogens is 164 g/mol. The summed E-state index contributed by atoms with van der Waals surface area (Å²) < 4.78 is 0. The SMILES string of the molecule is CCNC(=NCC1CC1(C)C)NN. The predicted octanol–water partition coefficient (Wildman–Crippen LogP) is 0.461. The Labute approximate surface area is 80.0 Å². The van der Waals surface area contributed by atoms with Crippen molar-refractivity contribution in [2.45, 2.75) is 27.2 Å². The van der Waals surface area contributed by atoms with Crippen LogP contribution in [0.3, 0.4) is 0 Å². The summed E-state index contributed by atoms with van der Waals surface area (Å²) in [6.07, 6.45) is 1.28. The van der Waals surface area contributed by atoms with Gasteiger partial charge in [0.1, 0.15) is 0 Å². The molecule has 0 heterocycles. The average molecular weight is 184 g/mol. The minimum atomic E-state index is 0.495. The van der Waals surface area contributed by atoms with E-state index in [1.165, 1.54) is 6.42 Å². The second-order valence-corrected chi connectivity index (χ2v) is 4.25. The van der Waals surface area contributed by atoms with Crippen LogP contribution < -0.4 is 16.6 Å². The van der Waals surface area contributed by atoms with Gasteiger partial charge in [0.05, 0.1) is 0 Å². The molecule has 1 aliphatic rings. The quantitative estimate of drug-likeness (QED) is 0.258. The Morgan fingerprint density at radius 3 is 2.62 bits per heavy atom. The molecule has 1 aliphatic carbocycles. The van der Waals surface area contributed by atoms with Crippen LogP contribution in [0.2, 0.25) is 0 Å². The summed E-state index contributed by atoms with van der Waals surface area (Å²) in [6, 6.07) is 0. The third-order valence-corrected chi connectivity index (χ3v) is 2.67. The van der Waals surface area contributed by atoms with Crippen molar-refractivity contribution in [2.75, 3.05) is 13.1 Å². The van der Waals surface area contributed by atoms with Gasteiger partial charge in [-0.2, -0.15) is 0 Å². The molecule has 1 rings (SSSR count). The Morgan fingerprint density at radius 1 is 1.62 bits per heavy atom. The number of hydrazine groups is 1. The van der Waals surface area contributed by atoms with Gasteiger partial charge in [-0.15, -0.1) is 0 Å². The highest BCUT2D eigenvalue weighted by Crippen LogP contribution is 2.51. The maximum atomic E-state index is 5.29. The predicted molar refractivity (Wildman–Crippen MR) is 55.2 cm³/mol. The summed E-state index contributed by atoms with van der Waals surface area (Å²) in [5, 5.41) is 3.06. The van der Waals surface area contributed by atoms with Crippen LogP contribution >= 0.6 is 0 Å². The fourth-order valence-electron chi connectivity index (χ4n) is 1.41. The lowest BCUT2D eigenvalue weighted by Gasteiger charge is -2.06. The zero-order valence-electron chi connectivity index (χ0n) is 8.72. The lowest BCUT2D eigenvalue weighted by molar-refractivity contribution is 0.564. The van der Waals surface area contributed by atoms with E-state index in [0.717, 1.165) is 19.0 Å². The van der Waals surface area contributed by atoms with Gasteiger partial charge in [-0.3, -0.25) is 10.4 Å². The molecule has 1 fully saturated rings. The highest BCUT2D eigenvalue weighted by molar-refractivity contribution is 5.79. The zero-order valence-corrected chi connectivity index (χ0v) is 8.72. The Balaban J connectivity index is 2.29. The average Bonchev–Trinajstić information content (AvgIpc) is 2.68. The van der Waals surface area contributed by atoms with Crippen molar-refractivity contribution in [1.29, 1.82) is 0 Å². The van der Waals surface area contributed by atoms with Crippen molar-refractivity contribution in [3.63, 3.8) is 0 Å². The summed E-state index contributed by atoms with van der Waals surface area (Å²) in [5.74, 6) is 6.72. The number of nitrogens with one attached hydrogen (secondary N) is 2. The van der Waals surface area contributed by atoms with Crippen molar-refractivity contribution < 1.29 is 0 Å². The fraction of sp³-hybridized carbons (Fsp3) is 0.889. The number of hydrogen-bond acceptors (Lipinski definition) is 2. The molecule has 76 valence electrons. The van der Waals surface area contributed by atoms with Crippen molar-refractivity contribution in [2.24, 2.45) is 22.2 Å². The first kappa shape index (κ1) is 10.3. The van der Waals surface area contributed by atoms with Crippen molar-refractivity contribution in [3.05, 3.63) is 0 Å². The Hall–Kier alpha value is -0.770. The van der Waals surface area contributed by atoms with Gasteiger partial charge in [-0.1, -0.05) is 13.8 Å². The van der Waals surface area contributed by atoms with Gasteiger partial charge < -0.3 is 5.32 Å². The van der Waals surface area contributed by atoms with Gasteiger partial charge in [0.15, 0.2) is 0 Å². The summed E-state index contributed by atoms with van der Waals surface area (Å²) in [5.41, 5.74) is 3.05. The van der Waals surface area contributed by atoms with Crippen LogP contribution in [0.15, 0.2) is 4.99 Å². The molecule has 4 nitrogen and oxygen atoms in total. The maximum absolute atomic E-state index is 5.29. The fourth-order valence-corrected chi connectivity index (χ4v) is 1.41. The van der Waals surface area contributed by atoms with E-state index in [2.05, 4.69) is 29.6 Å². The first-order valence-corrected chi connectivity index (χ1v) is 4.85. The summed E-state index contributed by atoms with van der Waals surface area (Å²) in [6.45, 7) is 8.29. The van der Waals surface area contributed by atoms with Gasteiger partial charge in [0, 0.05) is 13.1 Å². The zero-order chi connectivity index (χ0) is 9.90. The first-order valence-electron chi connectivity index (χ1n) is 4.85. The molecule has 13 heavy (non-hydrogen) atoms. The molecule has 4 heteroatoms. The smallest absolute Gasteiger partial charge is 0.205 e. The molecule has 0 aromatic rings. The van der Waals surface area contributed by atoms with Gasteiger partial charge in [0.25, 0.3) is 0 Å². The second kappa shape index (κ2) is 3.96. The van der Waals surface area contributed by atoms with E-state index in [1.807, 2.05) is 6.92 Å². The topological polar surface area (TPSA) is 62.4 Å². The van der Waals surface area contributed by atoms with E-state index in [4.69, 9.17) is 5.84 Å². The van der Waals surface area contributed by atoms with E-state index in [0.29, 0.717) is 11.4 Å². The molecule has 0 saturated heterocycles. The first-order chi connectivity index (χ1) is 6.10. The molecule has 1 atom stereocenters. The monoisotopic (exact) mass is 184 g/mol. The third kappa shape index (κ3) is 2.88. The van der Waals surface area contributed by atoms with Crippen LogP contribution in [0, 0.1) is 11.3 Å². The van der Waals surface area contributed by atoms with Gasteiger partial charge in [0.2, 0.25) is 5.96 Å². The molecule has 1 unspecified atom stereocenters. The Kier molecular flexibility index (Phi) is 3.14. The summed E-state index contributed by atoms with van der Waals surface area (Å²) in [4.78, 5) is 4.36. The largest absolute Gasteiger partial charge is 0.356 e. The highest BCUT2D eigenvalue weighted by atomic mass is 15.3. The Morgan fingerprint density at radius 2 is 2.23 bits per heavy atom. The van der Waals surface area contributed by atoms with E-state index in [1.54, 1.807) is 0 Å². The van der Waals surface area contributed by atoms with Gasteiger partial charge in [-0.25, -0.2) is 5.84 Å². The van der Waals surface area contributed by atoms with E-state index < -0.39 is 0 Å². The van der Waals surface area contributed by atoms with E-state index in [9.17, 15) is 0 Å². The summed E-state index contributed by atoms with van der Waals surface area (Å²) >= 11 is 0. The van der Waals surface area contributed by atoms with Crippen LogP contribution in [-0.4, -0.2) is 19.0 Å². The minimum absolute atomic E-state index is 0.495. The molecule has 0 spiro atoms. The molecule has 0 aromatic heterocycles. The third-order valence-electron chi connectivity index (χ3n) is 2.67. The lowest BCUT2D eigenvalue weighted by atomic mass is 10.1. The van der Waals surface area contributed by atoms with Crippen molar-refractivity contribution in [3.8, 4) is 0 Å². The second-order valence-electron chi connectivity index (χ2n) is 4.25. The number of guanidine groups is 1. The van der Waals surface area contributed by atoms with Gasteiger partial charge in [-0.05, 0) is 24.7 Å². The van der Waals surface area contributed by atoms with E-state index >= 15 is 0 Å². The minimum Gasteiger partial charge on any atom is -0.356 e. The summed E-state index contributed by atoms with van der Waals surface area (Å²) in [7, 11) is 0. The molecule has 4 N–H and O–H groups in total. The van der Waals surface area contributed by atoms with Crippen LogP contribution in [0.4, 0.5) is 0 Å². The number of rotatable bonds is 3. The van der Waals surface area contributed by atoms with Crippen LogP contribution in [0.1, 0.15) is 27.2 Å². The molecule has 0 radical (unpaired) electrons. The standard InChI is InChI=1S/C9H20N4/c1-4-11-8(13-10)12-6-7-5-9(7,2)3/h7H,4-6,10H2,1-3H3,(H2,11,12,13). The number of nitrogens with two attached hydrogens (primary N) is 1. The van der Waals surface area contributed by atoms with Crippen LogP contribution in [0.5, 0.6) is 0 Å². The van der Waals surface area contributed by atoms with Crippen LogP contribution in [0.25, 0.3) is 0 Å². The lowest BCUT2D eigenvalue weighted by Crippen LogP contribution is -2.41. The number of nitrogens with zero attached hydrogens (tertiary/aromatic N) is 1. The normalized spacial score (nSPS) is 25.5. The van der Waals surface area contributed by atoms with Crippen molar-refractivity contribution in [1.82, 2.24) is 10.7 Å². The van der Waals surface area contributed by atoms with E-state index in [-0.39, 0.29) is 0 Å². The van der Waals surface area contributed by atoms with Gasteiger partial charge >= 0.3 is 0 Å². The number of hydrogen-bond donors (Lipinski definition) is 3. The Bertz CT molecular complexity index is 198. The molecule has 1 saturated carbocycles. The van der Waals surface area contributed by atoms with Crippen molar-refractivity contribution >= 4 is 5.96 Å². The highest BCUT2D eigenvalue weighted by Gasteiger charge is 2.45. The maximum Gasteiger partial charge on any atom is 0.205 e. The molecule has 0 aliphatic heterocycles. The van der Waals surface area contributed by atoms with Crippen LogP contribution in [-0.2, 0) is 0 Å². The molecular formula is C9H20N4. The molecule has 0 bridgehead atoms. The molecule has 0 aromatic carbocycles. The number of aliphatic imine (C=N–C) groups is 1.